The predicted octanol–water partition coefficient (Wildman–Crippen LogP) is 2.76. The second-order valence-electron chi connectivity index (χ2n) is 4.53. The first-order valence-corrected chi connectivity index (χ1v) is 8.47. The molecule has 1 aromatic carbocycles. The first-order chi connectivity index (χ1) is 6.55. The van der Waals surface area contributed by atoms with E-state index in [1.54, 1.807) is 7.11 Å². The molecule has 0 saturated carbocycles. The van der Waals surface area contributed by atoms with Crippen LogP contribution in [0.15, 0.2) is 30.3 Å². The van der Waals surface area contributed by atoms with E-state index in [4.69, 9.17) is 4.84 Å². The summed E-state index contributed by atoms with van der Waals surface area (Å²) in [4.78, 5) is 5.07. The molecular weight excluding hydrogens is 190 g/mol. The summed E-state index contributed by atoms with van der Waals surface area (Å²) in [7, 11) is 0.392. The van der Waals surface area contributed by atoms with E-state index in [0.29, 0.717) is 5.67 Å². The van der Waals surface area contributed by atoms with E-state index < -0.39 is 8.07 Å². The van der Waals surface area contributed by atoms with E-state index >= 15 is 0 Å². The lowest BCUT2D eigenvalue weighted by molar-refractivity contribution is 0.0792. The van der Waals surface area contributed by atoms with Crippen molar-refractivity contribution in [2.24, 2.45) is 0 Å². The molecule has 1 atom stereocenters. The molecule has 0 aliphatic carbocycles. The zero-order valence-electron chi connectivity index (χ0n) is 9.37. The summed E-state index contributed by atoms with van der Waals surface area (Å²) in [5.41, 5.74) is 4.77. The molecule has 1 aromatic rings. The molecule has 0 spiro atoms. The number of hydrogen-bond acceptors (Lipinski definition) is 2. The topological polar surface area (TPSA) is 21.3 Å². The first kappa shape index (κ1) is 11.4. The van der Waals surface area contributed by atoms with E-state index in [1.165, 1.54) is 5.56 Å². The molecule has 0 heterocycles. The van der Waals surface area contributed by atoms with Crippen LogP contribution in [0.3, 0.4) is 0 Å². The lowest BCUT2D eigenvalue weighted by Crippen LogP contribution is -2.40. The minimum absolute atomic E-state index is 0.355. The summed E-state index contributed by atoms with van der Waals surface area (Å²) in [6, 6.07) is 10.5. The van der Waals surface area contributed by atoms with Gasteiger partial charge in [0.1, 0.15) is 0 Å². The highest BCUT2D eigenvalue weighted by molar-refractivity contribution is 6.77. The second-order valence-corrected chi connectivity index (χ2v) is 9.84. The molecule has 0 aliphatic rings. The highest BCUT2D eigenvalue weighted by Gasteiger charge is 2.27. The molecule has 1 unspecified atom stereocenters. The van der Waals surface area contributed by atoms with Crippen LogP contribution in [0.1, 0.15) is 11.2 Å². The van der Waals surface area contributed by atoms with E-state index in [0.717, 1.165) is 0 Å². The Kier molecular flexibility index (Phi) is 3.86. The fourth-order valence-electron chi connectivity index (χ4n) is 1.51. The van der Waals surface area contributed by atoms with Crippen LogP contribution in [0.4, 0.5) is 0 Å². The zero-order chi connectivity index (χ0) is 10.6. The molecule has 14 heavy (non-hydrogen) atoms. The van der Waals surface area contributed by atoms with E-state index in [2.05, 4.69) is 49.4 Å². The quantitative estimate of drug-likeness (QED) is 0.608. The van der Waals surface area contributed by atoms with Gasteiger partial charge >= 0.3 is 0 Å². The van der Waals surface area contributed by atoms with Crippen molar-refractivity contribution in [3.63, 3.8) is 0 Å². The van der Waals surface area contributed by atoms with Crippen molar-refractivity contribution in [3.05, 3.63) is 35.9 Å². The molecule has 0 aromatic heterocycles. The lowest BCUT2D eigenvalue weighted by atomic mass is 10.2. The van der Waals surface area contributed by atoms with Gasteiger partial charge in [0, 0.05) is 5.67 Å². The number of benzene rings is 1. The van der Waals surface area contributed by atoms with Crippen LogP contribution in [0, 0.1) is 0 Å². The molecular formula is C11H19NOSi. The van der Waals surface area contributed by atoms with Gasteiger partial charge in [0.15, 0.2) is 0 Å². The van der Waals surface area contributed by atoms with Gasteiger partial charge in [-0.05, 0) is 5.56 Å². The highest BCUT2D eigenvalue weighted by Crippen LogP contribution is 2.23. The Morgan fingerprint density at radius 1 is 1.14 bits per heavy atom. The lowest BCUT2D eigenvalue weighted by Gasteiger charge is -2.29. The molecule has 0 saturated heterocycles. The van der Waals surface area contributed by atoms with Crippen LogP contribution in [0.25, 0.3) is 0 Å². The van der Waals surface area contributed by atoms with Crippen LogP contribution in [0.5, 0.6) is 0 Å². The third kappa shape index (κ3) is 2.94. The Morgan fingerprint density at radius 2 is 1.71 bits per heavy atom. The van der Waals surface area contributed by atoms with Crippen LogP contribution in [-0.4, -0.2) is 15.2 Å². The molecule has 0 aliphatic heterocycles. The number of hydrogen-bond donors (Lipinski definition) is 1. The smallest absolute Gasteiger partial charge is 0.0722 e. The molecule has 2 nitrogen and oxygen atoms in total. The third-order valence-corrected chi connectivity index (χ3v) is 4.42. The average molecular weight is 209 g/mol. The van der Waals surface area contributed by atoms with Crippen molar-refractivity contribution in [1.82, 2.24) is 5.48 Å². The Morgan fingerprint density at radius 3 is 2.14 bits per heavy atom. The van der Waals surface area contributed by atoms with Crippen molar-refractivity contribution in [2.45, 2.75) is 25.3 Å². The van der Waals surface area contributed by atoms with Gasteiger partial charge in [0.2, 0.25) is 0 Å². The number of nitrogens with one attached hydrogen (secondary N) is 1. The second kappa shape index (κ2) is 4.73. The van der Waals surface area contributed by atoms with Crippen LogP contribution >= 0.6 is 0 Å². The van der Waals surface area contributed by atoms with Crippen molar-refractivity contribution >= 4 is 8.07 Å². The molecule has 1 rings (SSSR count). The fourth-order valence-corrected chi connectivity index (χ4v) is 3.17. The number of rotatable bonds is 4. The Balaban J connectivity index is 2.89. The fraction of sp³-hybridized carbons (Fsp3) is 0.455. The van der Waals surface area contributed by atoms with Crippen molar-refractivity contribution in [2.75, 3.05) is 7.11 Å². The Labute approximate surface area is 87.3 Å². The SMILES string of the molecule is CONC(c1ccccc1)[Si](C)(C)C. The van der Waals surface area contributed by atoms with Gasteiger partial charge < -0.3 is 4.84 Å². The van der Waals surface area contributed by atoms with Gasteiger partial charge in [-0.3, -0.25) is 0 Å². The van der Waals surface area contributed by atoms with Gasteiger partial charge in [0.25, 0.3) is 0 Å². The van der Waals surface area contributed by atoms with Gasteiger partial charge in [-0.15, -0.1) is 0 Å². The van der Waals surface area contributed by atoms with E-state index in [-0.39, 0.29) is 0 Å². The molecule has 0 amide bonds. The van der Waals surface area contributed by atoms with Gasteiger partial charge in [0.05, 0.1) is 15.2 Å². The van der Waals surface area contributed by atoms with Crippen molar-refractivity contribution in [1.29, 1.82) is 0 Å². The van der Waals surface area contributed by atoms with E-state index in [1.807, 2.05) is 6.07 Å². The molecule has 1 N–H and O–H groups in total. The summed E-state index contributed by atoms with van der Waals surface area (Å²) in [6.45, 7) is 6.99. The highest BCUT2D eigenvalue weighted by atomic mass is 28.3. The maximum atomic E-state index is 5.07. The largest absolute Gasteiger partial charge is 0.305 e. The minimum atomic E-state index is -1.28. The molecule has 0 bridgehead atoms. The normalized spacial score (nSPS) is 14.0. The number of hydroxylamine groups is 1. The molecule has 3 heteroatoms. The van der Waals surface area contributed by atoms with Crippen LogP contribution < -0.4 is 5.48 Å². The predicted molar refractivity (Wildman–Crippen MR) is 62.7 cm³/mol. The molecule has 78 valence electrons. The Bertz CT molecular complexity index is 268. The summed E-state index contributed by atoms with van der Waals surface area (Å²) >= 11 is 0. The monoisotopic (exact) mass is 209 g/mol. The van der Waals surface area contributed by atoms with Gasteiger partial charge in [-0.1, -0.05) is 50.0 Å². The van der Waals surface area contributed by atoms with Gasteiger partial charge in [-0.2, -0.15) is 5.48 Å². The maximum Gasteiger partial charge on any atom is 0.0722 e. The van der Waals surface area contributed by atoms with Crippen molar-refractivity contribution < 1.29 is 4.84 Å². The van der Waals surface area contributed by atoms with Crippen LogP contribution in [-0.2, 0) is 4.84 Å². The van der Waals surface area contributed by atoms with Gasteiger partial charge in [-0.25, -0.2) is 0 Å². The third-order valence-electron chi connectivity index (χ3n) is 2.23. The summed E-state index contributed by atoms with van der Waals surface area (Å²) in [5.74, 6) is 0. The average Bonchev–Trinajstić information content (AvgIpc) is 2.14. The standard InChI is InChI=1S/C11H19NOSi/c1-13-12-11(14(2,3)4)10-8-6-5-7-9-10/h5-9,11-12H,1-4H3. The van der Waals surface area contributed by atoms with Crippen LogP contribution in [0.2, 0.25) is 19.6 Å². The zero-order valence-corrected chi connectivity index (χ0v) is 10.4. The molecule has 0 fully saturated rings. The van der Waals surface area contributed by atoms with Crippen molar-refractivity contribution in [3.8, 4) is 0 Å². The summed E-state index contributed by atoms with van der Waals surface area (Å²) in [5, 5.41) is 0. The minimum Gasteiger partial charge on any atom is -0.305 e. The molecule has 0 radical (unpaired) electrons. The summed E-state index contributed by atoms with van der Waals surface area (Å²) < 4.78 is 0. The first-order valence-electron chi connectivity index (χ1n) is 4.89. The van der Waals surface area contributed by atoms with E-state index in [9.17, 15) is 0 Å². The Hall–Kier alpha value is -0.643. The summed E-state index contributed by atoms with van der Waals surface area (Å²) in [6.07, 6.45) is 0. The maximum absolute atomic E-state index is 5.07.